The molecule has 0 aromatic rings. The highest BCUT2D eigenvalue weighted by molar-refractivity contribution is 9.10. The SMILES string of the molecule is O=C1C(Br)CCCN1C1CCCOC1. The van der Waals surface area contributed by atoms with Crippen molar-refractivity contribution in [3.8, 4) is 0 Å². The summed E-state index contributed by atoms with van der Waals surface area (Å²) in [6.45, 7) is 2.50. The number of alkyl halides is 1. The number of amides is 1. The van der Waals surface area contributed by atoms with Crippen molar-refractivity contribution in [1.29, 1.82) is 0 Å². The fraction of sp³-hybridized carbons (Fsp3) is 0.900. The van der Waals surface area contributed by atoms with Crippen LogP contribution in [0.3, 0.4) is 0 Å². The summed E-state index contributed by atoms with van der Waals surface area (Å²) in [5.74, 6) is 0.256. The largest absolute Gasteiger partial charge is 0.379 e. The topological polar surface area (TPSA) is 29.5 Å². The van der Waals surface area contributed by atoms with Crippen LogP contribution in [0.2, 0.25) is 0 Å². The Labute approximate surface area is 92.9 Å². The zero-order valence-electron chi connectivity index (χ0n) is 8.25. The minimum Gasteiger partial charge on any atom is -0.379 e. The zero-order valence-corrected chi connectivity index (χ0v) is 9.83. The molecule has 4 heteroatoms. The molecule has 2 rings (SSSR count). The molecular formula is C10H16BrNO2. The van der Waals surface area contributed by atoms with Gasteiger partial charge in [-0.3, -0.25) is 4.79 Å². The maximum Gasteiger partial charge on any atom is 0.236 e. The summed E-state index contributed by atoms with van der Waals surface area (Å²) in [5.41, 5.74) is 0. The third-order valence-electron chi connectivity index (χ3n) is 2.98. The predicted octanol–water partition coefficient (Wildman–Crippen LogP) is 1.55. The van der Waals surface area contributed by atoms with Gasteiger partial charge in [-0.15, -0.1) is 0 Å². The second kappa shape index (κ2) is 4.62. The highest BCUT2D eigenvalue weighted by atomic mass is 79.9. The summed E-state index contributed by atoms with van der Waals surface area (Å²) < 4.78 is 5.41. The summed E-state index contributed by atoms with van der Waals surface area (Å²) in [5, 5.41) is 0. The number of rotatable bonds is 1. The van der Waals surface area contributed by atoms with E-state index in [1.807, 2.05) is 4.90 Å². The number of nitrogens with zero attached hydrogens (tertiary/aromatic N) is 1. The molecule has 0 aromatic carbocycles. The maximum atomic E-state index is 11.8. The first kappa shape index (κ1) is 10.4. The van der Waals surface area contributed by atoms with Crippen molar-refractivity contribution in [3.63, 3.8) is 0 Å². The average molecular weight is 262 g/mol. The van der Waals surface area contributed by atoms with Gasteiger partial charge in [-0.2, -0.15) is 0 Å². The van der Waals surface area contributed by atoms with E-state index >= 15 is 0 Å². The van der Waals surface area contributed by atoms with Gasteiger partial charge in [0.25, 0.3) is 0 Å². The molecule has 0 saturated carbocycles. The van der Waals surface area contributed by atoms with Gasteiger partial charge in [0.2, 0.25) is 5.91 Å². The zero-order chi connectivity index (χ0) is 9.97. The van der Waals surface area contributed by atoms with E-state index in [4.69, 9.17) is 4.74 Å². The molecule has 0 N–H and O–H groups in total. The Balaban J connectivity index is 1.97. The van der Waals surface area contributed by atoms with E-state index in [2.05, 4.69) is 15.9 Å². The van der Waals surface area contributed by atoms with Gasteiger partial charge in [-0.25, -0.2) is 0 Å². The normalized spacial score (nSPS) is 34.6. The first-order valence-corrected chi connectivity index (χ1v) is 6.23. The van der Waals surface area contributed by atoms with Crippen molar-refractivity contribution >= 4 is 21.8 Å². The fourth-order valence-corrected chi connectivity index (χ4v) is 2.77. The molecule has 2 heterocycles. The lowest BCUT2D eigenvalue weighted by Gasteiger charge is -2.38. The Bertz CT molecular complexity index is 216. The molecule has 2 unspecified atom stereocenters. The van der Waals surface area contributed by atoms with Crippen LogP contribution in [0.15, 0.2) is 0 Å². The molecule has 2 atom stereocenters. The van der Waals surface area contributed by atoms with Crippen molar-refractivity contribution in [2.24, 2.45) is 0 Å². The average Bonchev–Trinajstić information content (AvgIpc) is 2.23. The third kappa shape index (κ3) is 2.11. The number of carbonyl (C=O) groups is 1. The van der Waals surface area contributed by atoms with Gasteiger partial charge in [0, 0.05) is 13.2 Å². The molecule has 80 valence electrons. The van der Waals surface area contributed by atoms with E-state index in [-0.39, 0.29) is 10.7 Å². The maximum absolute atomic E-state index is 11.8. The van der Waals surface area contributed by atoms with Crippen molar-refractivity contribution < 1.29 is 9.53 Å². The van der Waals surface area contributed by atoms with Gasteiger partial charge in [0.15, 0.2) is 0 Å². The predicted molar refractivity (Wildman–Crippen MR) is 57.5 cm³/mol. The molecule has 2 aliphatic heterocycles. The smallest absolute Gasteiger partial charge is 0.236 e. The van der Waals surface area contributed by atoms with Crippen molar-refractivity contribution in [3.05, 3.63) is 0 Å². The summed E-state index contributed by atoms with van der Waals surface area (Å²) in [6, 6.07) is 0.330. The van der Waals surface area contributed by atoms with Crippen LogP contribution >= 0.6 is 15.9 Å². The summed E-state index contributed by atoms with van der Waals surface area (Å²) in [6.07, 6.45) is 4.27. The molecule has 3 nitrogen and oxygen atoms in total. The number of hydrogen-bond acceptors (Lipinski definition) is 2. The highest BCUT2D eigenvalue weighted by Crippen LogP contribution is 2.23. The van der Waals surface area contributed by atoms with Crippen molar-refractivity contribution in [2.75, 3.05) is 19.8 Å². The van der Waals surface area contributed by atoms with E-state index in [9.17, 15) is 4.79 Å². The number of halogens is 1. The quantitative estimate of drug-likeness (QED) is 0.671. The minimum absolute atomic E-state index is 0.0400. The van der Waals surface area contributed by atoms with Crippen LogP contribution in [0, 0.1) is 0 Å². The van der Waals surface area contributed by atoms with E-state index < -0.39 is 0 Å². The van der Waals surface area contributed by atoms with Gasteiger partial charge in [0.1, 0.15) is 0 Å². The number of hydrogen-bond donors (Lipinski definition) is 0. The lowest BCUT2D eigenvalue weighted by molar-refractivity contribution is -0.137. The van der Waals surface area contributed by atoms with Gasteiger partial charge >= 0.3 is 0 Å². The molecule has 1 amide bonds. The van der Waals surface area contributed by atoms with Gasteiger partial charge < -0.3 is 9.64 Å². The molecule has 0 aliphatic carbocycles. The molecule has 14 heavy (non-hydrogen) atoms. The molecule has 0 radical (unpaired) electrons. The fourth-order valence-electron chi connectivity index (χ4n) is 2.19. The number of piperidine rings is 1. The lowest BCUT2D eigenvalue weighted by atomic mass is 10.0. The summed E-state index contributed by atoms with van der Waals surface area (Å²) >= 11 is 3.43. The van der Waals surface area contributed by atoms with E-state index in [1.54, 1.807) is 0 Å². The van der Waals surface area contributed by atoms with E-state index in [0.29, 0.717) is 6.04 Å². The minimum atomic E-state index is 0.0400. The third-order valence-corrected chi connectivity index (χ3v) is 3.83. The Hall–Kier alpha value is -0.0900. The lowest BCUT2D eigenvalue weighted by Crippen LogP contribution is -2.50. The standard InChI is InChI=1S/C10H16BrNO2/c11-9-4-1-5-12(10(9)13)8-3-2-6-14-7-8/h8-9H,1-7H2. The second-order valence-corrected chi connectivity index (χ2v) is 5.12. The Kier molecular flexibility index (Phi) is 3.44. The van der Waals surface area contributed by atoms with E-state index in [0.717, 1.165) is 45.4 Å². The molecule has 2 fully saturated rings. The van der Waals surface area contributed by atoms with E-state index in [1.165, 1.54) is 0 Å². The molecule has 2 aliphatic rings. The second-order valence-electron chi connectivity index (χ2n) is 4.01. The van der Waals surface area contributed by atoms with Crippen molar-refractivity contribution in [2.45, 2.75) is 36.6 Å². The van der Waals surface area contributed by atoms with Crippen LogP contribution in [0.5, 0.6) is 0 Å². The molecule has 2 saturated heterocycles. The van der Waals surface area contributed by atoms with Crippen LogP contribution in [-0.2, 0) is 9.53 Å². The van der Waals surface area contributed by atoms with Gasteiger partial charge in [0.05, 0.1) is 17.5 Å². The summed E-state index contributed by atoms with van der Waals surface area (Å²) in [7, 11) is 0. The molecule has 0 bridgehead atoms. The number of carbonyl (C=O) groups excluding carboxylic acids is 1. The van der Waals surface area contributed by atoms with Crippen LogP contribution < -0.4 is 0 Å². The molecule has 0 spiro atoms. The number of likely N-dealkylation sites (tertiary alicyclic amines) is 1. The molecular weight excluding hydrogens is 246 g/mol. The first-order valence-electron chi connectivity index (χ1n) is 5.31. The summed E-state index contributed by atoms with van der Waals surface area (Å²) in [4.78, 5) is 13.9. The first-order chi connectivity index (χ1) is 6.79. The highest BCUT2D eigenvalue weighted by Gasteiger charge is 2.32. The monoisotopic (exact) mass is 261 g/mol. The Morgan fingerprint density at radius 1 is 1.36 bits per heavy atom. The number of ether oxygens (including phenoxy) is 1. The Morgan fingerprint density at radius 2 is 2.21 bits per heavy atom. The Morgan fingerprint density at radius 3 is 2.93 bits per heavy atom. The van der Waals surface area contributed by atoms with Gasteiger partial charge in [-0.05, 0) is 25.7 Å². The van der Waals surface area contributed by atoms with Crippen LogP contribution in [0.25, 0.3) is 0 Å². The van der Waals surface area contributed by atoms with Crippen LogP contribution in [-0.4, -0.2) is 41.4 Å². The van der Waals surface area contributed by atoms with Crippen LogP contribution in [0.1, 0.15) is 25.7 Å². The van der Waals surface area contributed by atoms with Crippen molar-refractivity contribution in [1.82, 2.24) is 4.90 Å². The van der Waals surface area contributed by atoms with Crippen LogP contribution in [0.4, 0.5) is 0 Å². The van der Waals surface area contributed by atoms with Gasteiger partial charge in [-0.1, -0.05) is 15.9 Å². The molecule has 0 aromatic heterocycles.